The van der Waals surface area contributed by atoms with Crippen molar-refractivity contribution in [1.82, 2.24) is 4.31 Å². The maximum absolute atomic E-state index is 13.1. The Kier molecular flexibility index (Phi) is 4.51. The van der Waals surface area contributed by atoms with Gasteiger partial charge in [-0.25, -0.2) is 12.8 Å². The molecule has 0 fully saturated rings. The third-order valence-electron chi connectivity index (χ3n) is 3.03. The molecule has 7 heteroatoms. The summed E-state index contributed by atoms with van der Waals surface area (Å²) in [4.78, 5) is -0.0593. The van der Waals surface area contributed by atoms with E-state index in [1.165, 1.54) is 13.1 Å². The van der Waals surface area contributed by atoms with Crippen molar-refractivity contribution < 1.29 is 12.8 Å². The molecule has 0 unspecified atom stereocenters. The fraction of sp³-hybridized carbons (Fsp3) is 0.143. The molecule has 2 aromatic carbocycles. The molecule has 0 amide bonds. The van der Waals surface area contributed by atoms with E-state index in [-0.39, 0.29) is 17.1 Å². The maximum Gasteiger partial charge on any atom is 0.243 e. The highest BCUT2D eigenvalue weighted by molar-refractivity contribution is 7.89. The highest BCUT2D eigenvalue weighted by atomic mass is 35.5. The lowest BCUT2D eigenvalue weighted by Crippen LogP contribution is -2.26. The molecule has 0 heterocycles. The molecule has 4 nitrogen and oxygen atoms in total. The van der Waals surface area contributed by atoms with Gasteiger partial charge in [-0.15, -0.1) is 0 Å². The number of benzene rings is 2. The van der Waals surface area contributed by atoms with Crippen molar-refractivity contribution in [3.63, 3.8) is 0 Å². The monoisotopic (exact) mass is 328 g/mol. The number of rotatable bonds is 4. The Balaban J connectivity index is 2.30. The predicted molar refractivity (Wildman–Crippen MR) is 80.9 cm³/mol. The molecule has 112 valence electrons. The largest absolute Gasteiger partial charge is 0.396 e. The molecule has 0 aromatic heterocycles. The Morgan fingerprint density at radius 3 is 2.52 bits per heavy atom. The van der Waals surface area contributed by atoms with Gasteiger partial charge >= 0.3 is 0 Å². The number of anilines is 1. The number of hydrogen-bond acceptors (Lipinski definition) is 3. The molecular weight excluding hydrogens is 315 g/mol. The van der Waals surface area contributed by atoms with Gasteiger partial charge in [0.25, 0.3) is 0 Å². The number of sulfonamides is 1. The fourth-order valence-corrected chi connectivity index (χ4v) is 3.19. The molecule has 21 heavy (non-hydrogen) atoms. The van der Waals surface area contributed by atoms with E-state index >= 15 is 0 Å². The van der Waals surface area contributed by atoms with Gasteiger partial charge in [0.1, 0.15) is 5.82 Å². The summed E-state index contributed by atoms with van der Waals surface area (Å²) in [6.45, 7) is 0.110. The molecule has 0 saturated heterocycles. The van der Waals surface area contributed by atoms with Crippen molar-refractivity contribution in [2.45, 2.75) is 11.4 Å². The van der Waals surface area contributed by atoms with E-state index in [0.29, 0.717) is 10.6 Å². The van der Waals surface area contributed by atoms with Gasteiger partial charge < -0.3 is 5.73 Å². The fourth-order valence-electron chi connectivity index (χ4n) is 1.81. The van der Waals surface area contributed by atoms with Crippen LogP contribution in [0.5, 0.6) is 0 Å². The van der Waals surface area contributed by atoms with Crippen LogP contribution < -0.4 is 5.73 Å². The summed E-state index contributed by atoms with van der Waals surface area (Å²) < 4.78 is 39.1. The summed E-state index contributed by atoms with van der Waals surface area (Å²) in [6, 6.07) is 10.3. The Labute approximate surface area is 128 Å². The predicted octanol–water partition coefficient (Wildman–Crippen LogP) is 2.88. The zero-order chi connectivity index (χ0) is 15.6. The van der Waals surface area contributed by atoms with E-state index in [4.69, 9.17) is 17.3 Å². The lowest BCUT2D eigenvalue weighted by molar-refractivity contribution is 0.466. The Hall–Kier alpha value is -1.63. The Morgan fingerprint density at radius 1 is 1.24 bits per heavy atom. The lowest BCUT2D eigenvalue weighted by Gasteiger charge is -2.18. The Morgan fingerprint density at radius 2 is 1.90 bits per heavy atom. The van der Waals surface area contributed by atoms with E-state index in [0.717, 1.165) is 16.4 Å². The topological polar surface area (TPSA) is 63.4 Å². The van der Waals surface area contributed by atoms with Gasteiger partial charge in [-0.2, -0.15) is 4.31 Å². The average molecular weight is 329 g/mol. The summed E-state index contributed by atoms with van der Waals surface area (Å²) in [5.41, 5.74) is 5.89. The van der Waals surface area contributed by atoms with Crippen molar-refractivity contribution >= 4 is 27.3 Å². The van der Waals surface area contributed by atoms with Gasteiger partial charge in [-0.05, 0) is 29.8 Å². The Bertz CT molecular complexity index is 765. The van der Waals surface area contributed by atoms with Crippen molar-refractivity contribution in [1.29, 1.82) is 0 Å². The van der Waals surface area contributed by atoms with Crippen LogP contribution in [-0.2, 0) is 16.6 Å². The van der Waals surface area contributed by atoms with Gasteiger partial charge in [0.15, 0.2) is 0 Å². The molecule has 0 aliphatic rings. The summed E-state index contributed by atoms with van der Waals surface area (Å²) in [7, 11) is -2.34. The standard InChI is InChI=1S/C14H14ClFN2O2S/c1-18(9-10-4-2-3-5-12(10)15)21(19,20)11-6-7-13(16)14(17)8-11/h2-8H,9,17H2,1H3. The molecule has 0 saturated carbocycles. The summed E-state index contributed by atoms with van der Waals surface area (Å²) in [5.74, 6) is -0.650. The van der Waals surface area contributed by atoms with E-state index in [1.54, 1.807) is 24.3 Å². The second kappa shape index (κ2) is 6.01. The van der Waals surface area contributed by atoms with Gasteiger partial charge in [0, 0.05) is 18.6 Å². The number of hydrogen-bond donors (Lipinski definition) is 1. The van der Waals surface area contributed by atoms with Crippen LogP contribution in [-0.4, -0.2) is 19.8 Å². The molecule has 0 bridgehead atoms. The highest BCUT2D eigenvalue weighted by Gasteiger charge is 2.22. The zero-order valence-corrected chi connectivity index (χ0v) is 12.8. The van der Waals surface area contributed by atoms with Crippen molar-refractivity contribution in [3.05, 3.63) is 58.9 Å². The van der Waals surface area contributed by atoms with Crippen LogP contribution in [0.1, 0.15) is 5.56 Å². The van der Waals surface area contributed by atoms with Crippen molar-refractivity contribution in [2.24, 2.45) is 0 Å². The second-order valence-corrected chi connectivity index (χ2v) is 6.99. The molecule has 0 spiro atoms. The SMILES string of the molecule is CN(Cc1ccccc1Cl)S(=O)(=O)c1ccc(F)c(N)c1. The smallest absolute Gasteiger partial charge is 0.243 e. The molecule has 2 aromatic rings. The molecule has 0 aliphatic heterocycles. The number of nitrogens with zero attached hydrogens (tertiary/aromatic N) is 1. The van der Waals surface area contributed by atoms with Crippen LogP contribution in [0.25, 0.3) is 0 Å². The minimum Gasteiger partial charge on any atom is -0.396 e. The first-order valence-electron chi connectivity index (χ1n) is 6.07. The van der Waals surface area contributed by atoms with Gasteiger partial charge in [0.2, 0.25) is 10.0 Å². The molecule has 0 aliphatic carbocycles. The van der Waals surface area contributed by atoms with Gasteiger partial charge in [0.05, 0.1) is 10.6 Å². The quantitative estimate of drug-likeness (QED) is 0.878. The minimum atomic E-state index is -3.77. The summed E-state index contributed by atoms with van der Waals surface area (Å²) >= 11 is 6.02. The third-order valence-corrected chi connectivity index (χ3v) is 5.19. The molecule has 2 rings (SSSR count). The van der Waals surface area contributed by atoms with Crippen LogP contribution in [0, 0.1) is 5.82 Å². The first-order chi connectivity index (χ1) is 9.82. The summed E-state index contributed by atoms with van der Waals surface area (Å²) in [5, 5.41) is 0.484. The van der Waals surface area contributed by atoms with E-state index in [1.807, 2.05) is 0 Å². The molecular formula is C14H14ClFN2O2S. The minimum absolute atomic E-state index is 0.0593. The van der Waals surface area contributed by atoms with E-state index in [2.05, 4.69) is 0 Å². The van der Waals surface area contributed by atoms with Crippen LogP contribution >= 0.6 is 11.6 Å². The van der Waals surface area contributed by atoms with Crippen LogP contribution in [0.15, 0.2) is 47.4 Å². The maximum atomic E-state index is 13.1. The van der Waals surface area contributed by atoms with Crippen LogP contribution in [0.4, 0.5) is 10.1 Å². The second-order valence-electron chi connectivity index (χ2n) is 4.54. The summed E-state index contributed by atoms with van der Waals surface area (Å²) in [6.07, 6.45) is 0. The number of halogens is 2. The first kappa shape index (κ1) is 15.8. The van der Waals surface area contributed by atoms with Gasteiger partial charge in [-0.1, -0.05) is 29.8 Å². The first-order valence-corrected chi connectivity index (χ1v) is 7.89. The molecule has 0 radical (unpaired) electrons. The van der Waals surface area contributed by atoms with Crippen molar-refractivity contribution in [3.8, 4) is 0 Å². The average Bonchev–Trinajstić information content (AvgIpc) is 2.44. The lowest BCUT2D eigenvalue weighted by atomic mass is 10.2. The number of nitrogens with two attached hydrogens (primary N) is 1. The zero-order valence-electron chi connectivity index (χ0n) is 11.3. The molecule has 2 N–H and O–H groups in total. The highest BCUT2D eigenvalue weighted by Crippen LogP contribution is 2.23. The van der Waals surface area contributed by atoms with Crippen LogP contribution in [0.3, 0.4) is 0 Å². The normalized spacial score (nSPS) is 11.8. The van der Waals surface area contributed by atoms with Gasteiger partial charge in [-0.3, -0.25) is 0 Å². The number of nitrogen functional groups attached to an aromatic ring is 1. The molecule has 0 atom stereocenters. The van der Waals surface area contributed by atoms with Crippen LogP contribution in [0.2, 0.25) is 5.02 Å². The van der Waals surface area contributed by atoms with E-state index in [9.17, 15) is 12.8 Å². The van der Waals surface area contributed by atoms with Crippen molar-refractivity contribution in [2.75, 3.05) is 12.8 Å². The third kappa shape index (κ3) is 3.34. The van der Waals surface area contributed by atoms with E-state index < -0.39 is 15.8 Å².